The largest absolute Gasteiger partial charge is 0.480 e. The van der Waals surface area contributed by atoms with E-state index in [-0.39, 0.29) is 23.9 Å². The Hall–Kier alpha value is -3.27. The highest BCUT2D eigenvalue weighted by molar-refractivity contribution is 5.92. The highest BCUT2D eigenvalue weighted by Crippen LogP contribution is 2.19. The number of hydrogen-bond donors (Lipinski definition) is 0. The Balaban J connectivity index is 1.59. The number of carbonyl (C=O) groups excluding carboxylic acids is 1. The fraction of sp³-hybridized carbons (Fsp3) is 0.500. The van der Waals surface area contributed by atoms with Crippen molar-refractivity contribution >= 4 is 12.0 Å². The van der Waals surface area contributed by atoms with Crippen LogP contribution in [0.4, 0.5) is 0 Å². The molecule has 0 bridgehead atoms. The maximum absolute atomic E-state index is 12.7. The lowest BCUT2D eigenvalue weighted by atomic mass is 10.2. The Morgan fingerprint density at radius 2 is 2.09 bits per heavy atom. The number of aryl methyl sites for hydroxylation is 1. The van der Waals surface area contributed by atoms with Gasteiger partial charge in [0.25, 0.3) is 0 Å². The molecular weight excluding hydrogens is 414 g/mol. The first kappa shape index (κ1) is 23.4. The van der Waals surface area contributed by atoms with Gasteiger partial charge < -0.3 is 23.8 Å². The van der Waals surface area contributed by atoms with Crippen molar-refractivity contribution in [1.29, 1.82) is 0 Å². The summed E-state index contributed by atoms with van der Waals surface area (Å²) in [4.78, 5) is 31.4. The van der Waals surface area contributed by atoms with Crippen molar-refractivity contribution in [2.24, 2.45) is 0 Å². The summed E-state index contributed by atoms with van der Waals surface area (Å²) in [6.45, 7) is 7.62. The van der Waals surface area contributed by atoms with E-state index in [1.54, 1.807) is 23.2 Å². The number of hydrogen-bond acceptors (Lipinski definition) is 9. The van der Waals surface area contributed by atoms with Crippen molar-refractivity contribution in [1.82, 2.24) is 24.8 Å². The molecule has 10 heteroatoms. The second-order valence-electron chi connectivity index (χ2n) is 7.60. The van der Waals surface area contributed by atoms with Gasteiger partial charge in [-0.05, 0) is 13.0 Å². The normalized spacial score (nSPS) is 16.4. The van der Waals surface area contributed by atoms with Crippen LogP contribution in [0.1, 0.15) is 36.8 Å². The van der Waals surface area contributed by atoms with Crippen LogP contribution in [-0.4, -0.2) is 77.4 Å². The van der Waals surface area contributed by atoms with Crippen LogP contribution < -0.4 is 14.2 Å². The standard InChI is InChI=1S/C22H29N5O5/c1-14(2)20-24-15(3)10-18(25-20)32-13-17-12-27(8-9-31-17)19(28)7-6-16-11-23-22(30-5)26-21(16)29-4/h6-7,10-11,14,17H,8-9,12-13H2,1-5H3. The summed E-state index contributed by atoms with van der Waals surface area (Å²) in [6.07, 6.45) is 4.38. The van der Waals surface area contributed by atoms with E-state index < -0.39 is 0 Å². The molecule has 3 heterocycles. The van der Waals surface area contributed by atoms with Crippen LogP contribution in [0, 0.1) is 6.92 Å². The number of aromatic nitrogens is 4. The van der Waals surface area contributed by atoms with Crippen LogP contribution in [0.25, 0.3) is 6.08 Å². The first-order valence-corrected chi connectivity index (χ1v) is 10.4. The minimum absolute atomic E-state index is 0.142. The summed E-state index contributed by atoms with van der Waals surface area (Å²) in [6, 6.07) is 1.99. The van der Waals surface area contributed by atoms with Gasteiger partial charge in [-0.1, -0.05) is 13.8 Å². The van der Waals surface area contributed by atoms with Gasteiger partial charge in [-0.15, -0.1) is 0 Å². The molecule has 0 spiro atoms. The zero-order chi connectivity index (χ0) is 23.1. The van der Waals surface area contributed by atoms with Crippen molar-refractivity contribution in [2.75, 3.05) is 40.5 Å². The van der Waals surface area contributed by atoms with Gasteiger partial charge in [0, 0.05) is 36.5 Å². The van der Waals surface area contributed by atoms with E-state index in [2.05, 4.69) is 19.9 Å². The molecule has 1 atom stereocenters. The predicted octanol–water partition coefficient (Wildman–Crippen LogP) is 2.04. The number of carbonyl (C=O) groups is 1. The summed E-state index contributed by atoms with van der Waals surface area (Å²) >= 11 is 0. The summed E-state index contributed by atoms with van der Waals surface area (Å²) in [5, 5.41) is 0. The predicted molar refractivity (Wildman–Crippen MR) is 117 cm³/mol. The Labute approximate surface area is 187 Å². The highest BCUT2D eigenvalue weighted by Gasteiger charge is 2.24. The second kappa shape index (κ2) is 10.9. The Bertz CT molecular complexity index is 966. The lowest BCUT2D eigenvalue weighted by molar-refractivity contribution is -0.134. The SMILES string of the molecule is COc1ncc(C=CC(=O)N2CCOC(COc3cc(C)nc(C(C)C)n3)C2)c(OC)n1. The van der Waals surface area contributed by atoms with E-state index >= 15 is 0 Å². The molecule has 1 fully saturated rings. The number of morpholine rings is 1. The van der Waals surface area contributed by atoms with Gasteiger partial charge in [-0.25, -0.2) is 9.97 Å². The average molecular weight is 444 g/mol. The van der Waals surface area contributed by atoms with E-state index in [0.29, 0.717) is 43.6 Å². The van der Waals surface area contributed by atoms with E-state index in [1.807, 2.05) is 20.8 Å². The molecule has 1 aliphatic heterocycles. The van der Waals surface area contributed by atoms with Crippen LogP contribution in [0.2, 0.25) is 0 Å². The average Bonchev–Trinajstić information content (AvgIpc) is 2.80. The van der Waals surface area contributed by atoms with Crippen LogP contribution in [0.5, 0.6) is 17.8 Å². The molecule has 1 amide bonds. The zero-order valence-corrected chi connectivity index (χ0v) is 19.1. The van der Waals surface area contributed by atoms with E-state index in [4.69, 9.17) is 18.9 Å². The van der Waals surface area contributed by atoms with Gasteiger partial charge in [0.1, 0.15) is 18.5 Å². The second-order valence-corrected chi connectivity index (χ2v) is 7.60. The number of methoxy groups -OCH3 is 2. The first-order valence-electron chi connectivity index (χ1n) is 10.4. The van der Waals surface area contributed by atoms with Gasteiger partial charge in [-0.3, -0.25) is 4.79 Å². The minimum Gasteiger partial charge on any atom is -0.480 e. The number of rotatable bonds is 8. The molecule has 0 aromatic carbocycles. The molecule has 2 aromatic rings. The molecule has 0 N–H and O–H groups in total. The van der Waals surface area contributed by atoms with Crippen molar-refractivity contribution in [2.45, 2.75) is 32.8 Å². The van der Waals surface area contributed by atoms with Crippen molar-refractivity contribution in [3.05, 3.63) is 35.4 Å². The monoisotopic (exact) mass is 443 g/mol. The first-order chi connectivity index (χ1) is 15.4. The van der Waals surface area contributed by atoms with Gasteiger partial charge in [0.2, 0.25) is 17.7 Å². The Morgan fingerprint density at radius 1 is 1.28 bits per heavy atom. The Morgan fingerprint density at radius 3 is 2.81 bits per heavy atom. The fourth-order valence-electron chi connectivity index (χ4n) is 3.10. The fourth-order valence-corrected chi connectivity index (χ4v) is 3.10. The molecule has 172 valence electrons. The molecule has 0 aliphatic carbocycles. The molecular formula is C22H29N5O5. The smallest absolute Gasteiger partial charge is 0.319 e. The lowest BCUT2D eigenvalue weighted by Gasteiger charge is -2.32. The van der Waals surface area contributed by atoms with E-state index in [1.165, 1.54) is 20.3 Å². The number of amides is 1. The highest BCUT2D eigenvalue weighted by atomic mass is 16.5. The van der Waals surface area contributed by atoms with Crippen molar-refractivity contribution in [3.8, 4) is 17.8 Å². The number of nitrogens with zero attached hydrogens (tertiary/aromatic N) is 5. The molecule has 1 aliphatic rings. The van der Waals surface area contributed by atoms with E-state index in [0.717, 1.165) is 11.5 Å². The van der Waals surface area contributed by atoms with Crippen molar-refractivity contribution in [3.63, 3.8) is 0 Å². The minimum atomic E-state index is -0.252. The topological polar surface area (TPSA) is 109 Å². The maximum Gasteiger partial charge on any atom is 0.319 e. The summed E-state index contributed by atoms with van der Waals surface area (Å²) in [7, 11) is 2.97. The summed E-state index contributed by atoms with van der Waals surface area (Å²) in [5.74, 6) is 1.65. The quantitative estimate of drug-likeness (QED) is 0.566. The third-order valence-electron chi connectivity index (χ3n) is 4.77. The van der Waals surface area contributed by atoms with Gasteiger partial charge >= 0.3 is 6.01 Å². The zero-order valence-electron chi connectivity index (χ0n) is 19.1. The molecule has 0 radical (unpaired) electrons. The third kappa shape index (κ3) is 6.13. The number of ether oxygens (including phenoxy) is 4. The van der Waals surface area contributed by atoms with Crippen LogP contribution in [-0.2, 0) is 9.53 Å². The summed E-state index contributed by atoms with van der Waals surface area (Å²) in [5.41, 5.74) is 1.43. The van der Waals surface area contributed by atoms with Gasteiger partial charge in [0.05, 0.1) is 32.9 Å². The molecule has 10 nitrogen and oxygen atoms in total. The molecule has 32 heavy (non-hydrogen) atoms. The molecule has 0 saturated carbocycles. The summed E-state index contributed by atoms with van der Waals surface area (Å²) < 4.78 is 21.8. The molecule has 1 unspecified atom stereocenters. The van der Waals surface area contributed by atoms with Crippen molar-refractivity contribution < 1.29 is 23.7 Å². The van der Waals surface area contributed by atoms with Crippen LogP contribution >= 0.6 is 0 Å². The van der Waals surface area contributed by atoms with Gasteiger partial charge in [0.15, 0.2) is 0 Å². The van der Waals surface area contributed by atoms with Crippen LogP contribution in [0.15, 0.2) is 18.3 Å². The van der Waals surface area contributed by atoms with Crippen LogP contribution in [0.3, 0.4) is 0 Å². The van der Waals surface area contributed by atoms with Gasteiger partial charge in [-0.2, -0.15) is 9.97 Å². The molecule has 1 saturated heterocycles. The third-order valence-corrected chi connectivity index (χ3v) is 4.77. The molecule has 2 aromatic heterocycles. The lowest BCUT2D eigenvalue weighted by Crippen LogP contribution is -2.47. The molecule has 3 rings (SSSR count). The Kier molecular flexibility index (Phi) is 7.93. The maximum atomic E-state index is 12.7. The van der Waals surface area contributed by atoms with E-state index in [9.17, 15) is 4.79 Å².